The summed E-state index contributed by atoms with van der Waals surface area (Å²) < 4.78 is 0. The van der Waals surface area contributed by atoms with Gasteiger partial charge in [0.1, 0.15) is 6.23 Å². The van der Waals surface area contributed by atoms with Gasteiger partial charge in [-0.25, -0.2) is 4.90 Å². The van der Waals surface area contributed by atoms with Crippen LogP contribution in [0.3, 0.4) is 0 Å². The van der Waals surface area contributed by atoms with Crippen molar-refractivity contribution < 1.29 is 15.0 Å². The number of hydrogen-bond acceptors (Lipinski definition) is 5. The first-order valence-electron chi connectivity index (χ1n) is 12.1. The van der Waals surface area contributed by atoms with E-state index in [-0.39, 0.29) is 12.5 Å². The maximum atomic E-state index is 13.7. The maximum Gasteiger partial charge on any atom is 0.266 e. The molecule has 2 N–H and O–H groups in total. The molecule has 0 saturated heterocycles. The van der Waals surface area contributed by atoms with Gasteiger partial charge in [0.05, 0.1) is 11.4 Å². The number of aliphatic imine (C=N–C) groups is 1. The Balaban J connectivity index is 2.02. The Bertz CT molecular complexity index is 916. The molecule has 2 aromatic rings. The van der Waals surface area contributed by atoms with E-state index in [2.05, 4.69) is 6.92 Å². The Morgan fingerprint density at radius 1 is 1.00 bits per heavy atom. The Kier molecular flexibility index (Phi) is 9.61. The number of aliphatic hydroxyl groups is 2. The van der Waals surface area contributed by atoms with Crippen molar-refractivity contribution in [3.05, 3.63) is 65.7 Å². The monoisotopic (exact) mass is 451 g/mol. The first-order valence-corrected chi connectivity index (χ1v) is 12.1. The van der Waals surface area contributed by atoms with Crippen molar-refractivity contribution in [2.45, 2.75) is 64.3 Å². The molecule has 6 nitrogen and oxygen atoms in total. The molecule has 2 aromatic carbocycles. The summed E-state index contributed by atoms with van der Waals surface area (Å²) in [5.41, 5.74) is 3.42. The lowest BCUT2D eigenvalue weighted by atomic mass is 10.0. The van der Waals surface area contributed by atoms with Crippen LogP contribution in [0.5, 0.6) is 0 Å². The van der Waals surface area contributed by atoms with E-state index < -0.39 is 12.4 Å². The van der Waals surface area contributed by atoms with Crippen molar-refractivity contribution in [1.29, 1.82) is 0 Å². The first-order chi connectivity index (χ1) is 16.1. The Labute approximate surface area is 197 Å². The minimum atomic E-state index is -0.816. The van der Waals surface area contributed by atoms with Gasteiger partial charge in [0, 0.05) is 31.3 Å². The number of benzene rings is 2. The van der Waals surface area contributed by atoms with Crippen molar-refractivity contribution in [3.63, 3.8) is 0 Å². The van der Waals surface area contributed by atoms with E-state index in [0.717, 1.165) is 54.6 Å². The molecule has 1 heterocycles. The molecule has 1 aliphatic heterocycles. The lowest BCUT2D eigenvalue weighted by Gasteiger charge is -2.33. The highest BCUT2D eigenvalue weighted by Gasteiger charge is 2.36. The molecule has 2 unspecified atom stereocenters. The summed E-state index contributed by atoms with van der Waals surface area (Å²) in [6.07, 6.45) is 4.36. The first kappa shape index (κ1) is 25.1. The predicted octanol–water partition coefficient (Wildman–Crippen LogP) is 4.19. The highest BCUT2D eigenvalue weighted by Crippen LogP contribution is 2.29. The zero-order chi connectivity index (χ0) is 23.6. The van der Waals surface area contributed by atoms with Crippen molar-refractivity contribution in [1.82, 2.24) is 4.90 Å². The van der Waals surface area contributed by atoms with E-state index in [9.17, 15) is 9.90 Å². The fourth-order valence-electron chi connectivity index (χ4n) is 4.31. The maximum absolute atomic E-state index is 13.7. The molecular weight excluding hydrogens is 414 g/mol. The third-order valence-electron chi connectivity index (χ3n) is 6.21. The molecular formula is C27H37N3O3. The Morgan fingerprint density at radius 3 is 2.45 bits per heavy atom. The van der Waals surface area contributed by atoms with Crippen LogP contribution in [0, 0.1) is 0 Å². The average Bonchev–Trinajstić information content (AvgIpc) is 2.95. The summed E-state index contributed by atoms with van der Waals surface area (Å²) in [5.74, 6) is -0.148. The lowest BCUT2D eigenvalue weighted by Crippen LogP contribution is -2.51. The van der Waals surface area contributed by atoms with E-state index in [0.29, 0.717) is 19.4 Å². The smallest absolute Gasteiger partial charge is 0.266 e. The molecule has 178 valence electrons. The summed E-state index contributed by atoms with van der Waals surface area (Å²) in [7, 11) is 1.78. The van der Waals surface area contributed by atoms with Crippen LogP contribution in [0.2, 0.25) is 0 Å². The number of carbonyl (C=O) groups is 1. The average molecular weight is 452 g/mol. The lowest BCUT2D eigenvalue weighted by molar-refractivity contribution is -0.128. The fraction of sp³-hybridized carbons (Fsp3) is 0.481. The van der Waals surface area contributed by atoms with E-state index in [1.54, 1.807) is 11.9 Å². The van der Waals surface area contributed by atoms with Gasteiger partial charge in [-0.2, -0.15) is 0 Å². The number of anilines is 1. The van der Waals surface area contributed by atoms with Gasteiger partial charge in [-0.3, -0.25) is 9.79 Å². The topological polar surface area (TPSA) is 76.4 Å². The normalized spacial score (nSPS) is 17.0. The van der Waals surface area contributed by atoms with E-state index in [1.165, 1.54) is 0 Å². The highest BCUT2D eigenvalue weighted by atomic mass is 16.3. The van der Waals surface area contributed by atoms with Crippen LogP contribution >= 0.6 is 0 Å². The number of aliphatic hydroxyl groups excluding tert-OH is 2. The molecule has 33 heavy (non-hydrogen) atoms. The summed E-state index contributed by atoms with van der Waals surface area (Å²) in [6, 6.07) is 17.7. The molecule has 2 atom stereocenters. The predicted molar refractivity (Wildman–Crippen MR) is 134 cm³/mol. The quantitative estimate of drug-likeness (QED) is 0.375. The van der Waals surface area contributed by atoms with Crippen LogP contribution < -0.4 is 4.90 Å². The molecule has 0 spiro atoms. The highest BCUT2D eigenvalue weighted by molar-refractivity contribution is 6.19. The SMILES string of the molecule is CCCCCC(O)N(CCCCCO)C1N=C(c2ccccc2)c2ccccc2N(C)C1=O. The van der Waals surface area contributed by atoms with Crippen LogP contribution in [-0.2, 0) is 4.79 Å². The minimum Gasteiger partial charge on any atom is -0.396 e. The van der Waals surface area contributed by atoms with Crippen molar-refractivity contribution in [2.24, 2.45) is 4.99 Å². The second-order valence-electron chi connectivity index (χ2n) is 8.63. The van der Waals surface area contributed by atoms with Crippen molar-refractivity contribution >= 4 is 17.3 Å². The molecule has 0 radical (unpaired) electrons. The number of likely N-dealkylation sites (N-methyl/N-ethyl adjacent to an activating group) is 1. The Morgan fingerprint density at radius 2 is 1.73 bits per heavy atom. The van der Waals surface area contributed by atoms with E-state index in [4.69, 9.17) is 10.1 Å². The molecule has 1 amide bonds. The zero-order valence-corrected chi connectivity index (χ0v) is 19.9. The van der Waals surface area contributed by atoms with Crippen LogP contribution in [0.4, 0.5) is 5.69 Å². The third kappa shape index (κ3) is 6.28. The number of fused-ring (bicyclic) bond motifs is 1. The second kappa shape index (κ2) is 12.6. The number of rotatable bonds is 12. The van der Waals surface area contributed by atoms with Gasteiger partial charge >= 0.3 is 0 Å². The number of unbranched alkanes of at least 4 members (excludes halogenated alkanes) is 4. The van der Waals surface area contributed by atoms with Crippen molar-refractivity contribution in [3.8, 4) is 0 Å². The van der Waals surface area contributed by atoms with Gasteiger partial charge in [-0.05, 0) is 38.2 Å². The summed E-state index contributed by atoms with van der Waals surface area (Å²) in [5, 5.41) is 20.3. The molecule has 3 rings (SSSR count). The molecule has 0 saturated carbocycles. The minimum absolute atomic E-state index is 0.148. The number of nitrogens with zero attached hydrogens (tertiary/aromatic N) is 3. The van der Waals surface area contributed by atoms with Gasteiger partial charge in [0.2, 0.25) is 0 Å². The molecule has 0 bridgehead atoms. The number of para-hydroxylation sites is 1. The van der Waals surface area contributed by atoms with Gasteiger partial charge in [0.25, 0.3) is 5.91 Å². The molecule has 1 aliphatic rings. The van der Waals surface area contributed by atoms with E-state index >= 15 is 0 Å². The van der Waals surface area contributed by atoms with Crippen LogP contribution in [-0.4, -0.2) is 59.3 Å². The Hall–Kier alpha value is -2.54. The molecule has 0 aliphatic carbocycles. The standard InChI is InChI=1S/C27H37N3O3/c1-3-4-7-18-24(32)30(19-12-6-13-20-31)26-27(33)29(2)23-17-11-10-16-22(23)25(28-26)21-14-8-5-9-15-21/h5,8-11,14-17,24,26,31-32H,3-4,6-7,12-13,18-20H2,1-2H3. The van der Waals surface area contributed by atoms with Crippen molar-refractivity contribution in [2.75, 3.05) is 25.1 Å². The molecule has 6 heteroatoms. The summed E-state index contributed by atoms with van der Waals surface area (Å²) in [4.78, 5) is 22.2. The van der Waals surface area contributed by atoms with Crippen LogP contribution in [0.1, 0.15) is 63.0 Å². The number of benzodiazepines with no additional fused rings is 1. The van der Waals surface area contributed by atoms with Crippen LogP contribution in [0.15, 0.2) is 59.6 Å². The summed E-state index contributed by atoms with van der Waals surface area (Å²) >= 11 is 0. The third-order valence-corrected chi connectivity index (χ3v) is 6.21. The van der Waals surface area contributed by atoms with E-state index in [1.807, 2.05) is 59.5 Å². The number of carbonyl (C=O) groups excluding carboxylic acids is 1. The van der Waals surface area contributed by atoms with Gasteiger partial charge < -0.3 is 15.1 Å². The largest absolute Gasteiger partial charge is 0.396 e. The summed E-state index contributed by atoms with van der Waals surface area (Å²) in [6.45, 7) is 2.83. The van der Waals surface area contributed by atoms with Gasteiger partial charge in [0.15, 0.2) is 6.17 Å². The van der Waals surface area contributed by atoms with Gasteiger partial charge in [-0.1, -0.05) is 68.3 Å². The zero-order valence-electron chi connectivity index (χ0n) is 19.9. The van der Waals surface area contributed by atoms with Crippen LogP contribution in [0.25, 0.3) is 0 Å². The fourth-order valence-corrected chi connectivity index (χ4v) is 4.31. The second-order valence-corrected chi connectivity index (χ2v) is 8.63. The molecule has 0 aromatic heterocycles. The van der Waals surface area contributed by atoms with Gasteiger partial charge in [-0.15, -0.1) is 0 Å². The molecule has 0 fully saturated rings. The number of hydrogen-bond donors (Lipinski definition) is 2. The number of amides is 1.